The van der Waals surface area contributed by atoms with E-state index in [1.807, 2.05) is 0 Å². The van der Waals surface area contributed by atoms with Crippen molar-refractivity contribution >= 4 is 11.8 Å². The van der Waals surface area contributed by atoms with E-state index in [0.717, 1.165) is 41.3 Å². The summed E-state index contributed by atoms with van der Waals surface area (Å²) in [5.41, 5.74) is -0.475. The van der Waals surface area contributed by atoms with Crippen LogP contribution in [0.1, 0.15) is 44.7 Å². The van der Waals surface area contributed by atoms with Crippen LogP contribution < -0.4 is 15.2 Å². The molecule has 0 aliphatic heterocycles. The number of alkyl halides is 5. The Kier molecular flexibility index (Phi) is 8.79. The number of anilines is 1. The molecule has 0 radical (unpaired) electrons. The number of ether oxygens (including phenoxy) is 1. The Morgan fingerprint density at radius 2 is 1.89 bits per heavy atom. The van der Waals surface area contributed by atoms with Crippen LogP contribution in [0.25, 0.3) is 0 Å². The van der Waals surface area contributed by atoms with Crippen molar-refractivity contribution in [3.63, 3.8) is 0 Å². The van der Waals surface area contributed by atoms with Gasteiger partial charge in [0.05, 0.1) is 12.6 Å². The summed E-state index contributed by atoms with van der Waals surface area (Å²) in [7, 11) is 0. The number of carbonyl (C=O) groups excluding carboxylic acids is 1. The lowest BCUT2D eigenvalue weighted by Gasteiger charge is -2.40. The Balaban J connectivity index is 1.72. The van der Waals surface area contributed by atoms with Gasteiger partial charge in [-0.1, -0.05) is 25.7 Å². The number of amides is 1. The molecule has 1 aliphatic carbocycles. The number of benzene rings is 1. The Morgan fingerprint density at radius 1 is 1.23 bits per heavy atom. The first-order chi connectivity index (χ1) is 16.5. The Morgan fingerprint density at radius 3 is 2.43 bits per heavy atom. The molecule has 0 spiro atoms. The fraction of sp³-hybridized carbons (Fsp3) is 0.565. The number of nitrogens with zero attached hydrogens (tertiary/aromatic N) is 3. The molecule has 1 amide bonds. The maximum Gasteiger partial charge on any atom is 0.435 e. The van der Waals surface area contributed by atoms with Crippen LogP contribution in [0.2, 0.25) is 0 Å². The van der Waals surface area contributed by atoms with Gasteiger partial charge < -0.3 is 24.9 Å². The van der Waals surface area contributed by atoms with Gasteiger partial charge in [-0.25, -0.2) is 0 Å². The first-order valence-electron chi connectivity index (χ1n) is 11.4. The smallest absolute Gasteiger partial charge is 0.435 e. The number of halogens is 5. The minimum Gasteiger partial charge on any atom is -0.530 e. The molecule has 1 aliphatic rings. The van der Waals surface area contributed by atoms with Crippen molar-refractivity contribution < 1.29 is 36.6 Å². The average molecular weight is 503 g/mol. The summed E-state index contributed by atoms with van der Waals surface area (Å²) >= 11 is 0. The predicted molar refractivity (Wildman–Crippen MR) is 116 cm³/mol. The van der Waals surface area contributed by atoms with E-state index in [0.29, 0.717) is 12.1 Å². The number of rotatable bonds is 11. The summed E-state index contributed by atoms with van der Waals surface area (Å²) in [4.78, 5) is 13.3. The summed E-state index contributed by atoms with van der Waals surface area (Å²) in [6.45, 7) is -1.14. The lowest BCUT2D eigenvalue weighted by molar-refractivity contribution is -0.270. The average Bonchev–Trinajstić information content (AvgIpc) is 3.45. The Labute approximate surface area is 199 Å². The van der Waals surface area contributed by atoms with E-state index >= 15 is 0 Å². The maximum atomic E-state index is 13.0. The van der Waals surface area contributed by atoms with Crippen molar-refractivity contribution in [3.8, 4) is 5.75 Å². The summed E-state index contributed by atoms with van der Waals surface area (Å²) in [6, 6.07) is 5.38. The molecule has 1 aromatic heterocycles. The summed E-state index contributed by atoms with van der Waals surface area (Å²) in [6.07, 6.45) is -0.397. The third-order valence-electron chi connectivity index (χ3n) is 6.17. The topological polar surface area (TPSA) is 82.5 Å². The fourth-order valence-corrected chi connectivity index (χ4v) is 4.54. The van der Waals surface area contributed by atoms with Gasteiger partial charge in [-0.15, -0.1) is 0 Å². The Bertz CT molecular complexity index is 945. The van der Waals surface area contributed by atoms with Gasteiger partial charge >= 0.3 is 12.8 Å². The lowest BCUT2D eigenvalue weighted by Crippen LogP contribution is -2.55. The highest BCUT2D eigenvalue weighted by Gasteiger charge is 2.34. The number of hydrogen-bond acceptors (Lipinski definition) is 5. The molecule has 194 valence electrons. The molecule has 0 bridgehead atoms. The minimum absolute atomic E-state index is 0.0102. The van der Waals surface area contributed by atoms with Crippen LogP contribution in [-0.2, 0) is 12.7 Å². The summed E-state index contributed by atoms with van der Waals surface area (Å²) in [5, 5.41) is 18.8. The second-order valence-electron chi connectivity index (χ2n) is 8.77. The van der Waals surface area contributed by atoms with Gasteiger partial charge in [0, 0.05) is 24.5 Å². The predicted octanol–water partition coefficient (Wildman–Crippen LogP) is 4.60. The maximum absolute atomic E-state index is 13.0. The van der Waals surface area contributed by atoms with Gasteiger partial charge in [0.25, 0.3) is 0 Å². The van der Waals surface area contributed by atoms with E-state index in [-0.39, 0.29) is 24.8 Å². The largest absolute Gasteiger partial charge is 0.530 e. The van der Waals surface area contributed by atoms with Crippen molar-refractivity contribution in [1.29, 1.82) is 0 Å². The zero-order chi connectivity index (χ0) is 25.6. The number of carbonyl (C=O) groups is 1. The van der Waals surface area contributed by atoms with Gasteiger partial charge in [0.1, 0.15) is 11.8 Å². The number of nitrogens with one attached hydrogen (secondary N) is 1. The minimum atomic E-state index is -4.59. The highest BCUT2D eigenvalue weighted by atomic mass is 19.4. The Hall–Kier alpha value is -3.05. The van der Waals surface area contributed by atoms with Crippen LogP contribution in [0.4, 0.5) is 32.4 Å². The van der Waals surface area contributed by atoms with E-state index in [2.05, 4.69) is 15.2 Å². The van der Waals surface area contributed by atoms with Gasteiger partial charge in [-0.05, 0) is 49.6 Å². The zero-order valence-corrected chi connectivity index (χ0v) is 19.2. The van der Waals surface area contributed by atoms with Crippen molar-refractivity contribution in [3.05, 3.63) is 42.2 Å². The molecule has 7 nitrogen and oxygen atoms in total. The molecule has 35 heavy (non-hydrogen) atoms. The lowest BCUT2D eigenvalue weighted by atomic mass is 9.96. The molecule has 2 aromatic rings. The SMILES string of the molecule is C[C@@H](CNc1ccc(OC(F)F)cc1)N(C(=O)[O-])[C@@H](CC1CCCC1)Cn1ccc(C(F)(F)F)n1. The van der Waals surface area contributed by atoms with Crippen molar-refractivity contribution in [1.82, 2.24) is 14.7 Å². The molecular weight excluding hydrogens is 475 g/mol. The van der Waals surface area contributed by atoms with Gasteiger partial charge in [0.15, 0.2) is 5.69 Å². The second kappa shape index (κ2) is 11.6. The summed E-state index contributed by atoms with van der Waals surface area (Å²) < 4.78 is 69.0. The molecule has 0 unspecified atom stereocenters. The molecule has 1 fully saturated rings. The van der Waals surface area contributed by atoms with Gasteiger partial charge in [0.2, 0.25) is 0 Å². The first kappa shape index (κ1) is 26.6. The van der Waals surface area contributed by atoms with Crippen molar-refractivity contribution in [2.45, 2.75) is 70.4 Å². The van der Waals surface area contributed by atoms with E-state index in [1.165, 1.54) is 30.5 Å². The van der Waals surface area contributed by atoms with E-state index in [4.69, 9.17) is 0 Å². The summed E-state index contributed by atoms with van der Waals surface area (Å²) in [5.74, 6) is 0.256. The van der Waals surface area contributed by atoms with Crippen LogP contribution >= 0.6 is 0 Å². The van der Waals surface area contributed by atoms with Crippen LogP contribution in [0, 0.1) is 5.92 Å². The first-order valence-corrected chi connectivity index (χ1v) is 11.4. The number of carboxylic acid groups (broad SMARTS) is 1. The van der Waals surface area contributed by atoms with E-state index < -0.39 is 36.7 Å². The number of aromatic nitrogens is 2. The van der Waals surface area contributed by atoms with Gasteiger partial charge in [-0.2, -0.15) is 27.1 Å². The molecule has 0 saturated heterocycles. The second-order valence-corrected chi connectivity index (χ2v) is 8.77. The standard InChI is InChI=1S/C23H29F5N4O3/c1-15(13-29-17-6-8-19(9-7-17)35-21(24)25)32(22(33)34)18(12-16-4-2-3-5-16)14-31-11-10-20(30-31)23(26,27)28/h6-11,15-16,18,21,29H,2-5,12-14H2,1H3,(H,33,34)/p-1/t15-,18-/m0/s1. The monoisotopic (exact) mass is 503 g/mol. The van der Waals surface area contributed by atoms with Crippen LogP contribution in [-0.4, -0.2) is 46.0 Å². The van der Waals surface area contributed by atoms with E-state index in [1.54, 1.807) is 6.92 Å². The van der Waals surface area contributed by atoms with Crippen LogP contribution in [0.3, 0.4) is 0 Å². The third kappa shape index (κ3) is 7.72. The third-order valence-corrected chi connectivity index (χ3v) is 6.17. The molecule has 12 heteroatoms. The molecule has 1 heterocycles. The quantitative estimate of drug-likeness (QED) is 0.454. The highest BCUT2D eigenvalue weighted by molar-refractivity contribution is 5.63. The molecule has 2 atom stereocenters. The molecule has 1 N–H and O–H groups in total. The zero-order valence-electron chi connectivity index (χ0n) is 19.2. The van der Waals surface area contributed by atoms with Crippen LogP contribution in [0.5, 0.6) is 5.75 Å². The fourth-order valence-electron chi connectivity index (χ4n) is 4.54. The molecule has 1 saturated carbocycles. The number of hydrogen-bond donors (Lipinski definition) is 1. The van der Waals surface area contributed by atoms with Gasteiger partial charge in [-0.3, -0.25) is 4.68 Å². The van der Waals surface area contributed by atoms with Crippen molar-refractivity contribution in [2.24, 2.45) is 5.92 Å². The molecule has 3 rings (SSSR count). The van der Waals surface area contributed by atoms with Crippen LogP contribution in [0.15, 0.2) is 36.5 Å². The highest BCUT2D eigenvalue weighted by Crippen LogP contribution is 2.32. The molecule has 1 aromatic carbocycles. The van der Waals surface area contributed by atoms with E-state index in [9.17, 15) is 31.9 Å². The molecular formula is C23H28F5N4O3-. The normalized spacial score (nSPS) is 16.3. The van der Waals surface area contributed by atoms with Crippen molar-refractivity contribution in [2.75, 3.05) is 11.9 Å².